The predicted octanol–water partition coefficient (Wildman–Crippen LogP) is 3.88. The van der Waals surface area contributed by atoms with Gasteiger partial charge in [-0.1, -0.05) is 6.07 Å². The maximum atomic E-state index is 13.3. The van der Waals surface area contributed by atoms with Crippen LogP contribution in [0.5, 0.6) is 0 Å². The standard InChI is InChI=1S/C21H24FN3O/c1-20(2)14-21(15-25(20)17-9-7-16(22)8-10-17)11-5-13-24(21)19(26)18-6-3-4-12-23-18/h3-4,6-10,12H,5,11,13-15H2,1-2H3. The van der Waals surface area contributed by atoms with Crippen LogP contribution in [0, 0.1) is 5.82 Å². The number of carbonyl (C=O) groups is 1. The molecule has 1 aromatic carbocycles. The Labute approximate surface area is 153 Å². The third-order valence-corrected chi connectivity index (χ3v) is 5.81. The summed E-state index contributed by atoms with van der Waals surface area (Å²) in [4.78, 5) is 21.7. The number of aromatic nitrogens is 1. The van der Waals surface area contributed by atoms with Crippen LogP contribution in [0.4, 0.5) is 10.1 Å². The summed E-state index contributed by atoms with van der Waals surface area (Å²) in [5.41, 5.74) is 1.22. The molecule has 2 aliphatic heterocycles. The molecule has 0 N–H and O–H groups in total. The van der Waals surface area contributed by atoms with Crippen LogP contribution in [0.15, 0.2) is 48.7 Å². The molecule has 1 atom stereocenters. The van der Waals surface area contributed by atoms with Gasteiger partial charge in [0.25, 0.3) is 5.91 Å². The monoisotopic (exact) mass is 353 g/mol. The van der Waals surface area contributed by atoms with Crippen LogP contribution < -0.4 is 4.90 Å². The van der Waals surface area contributed by atoms with E-state index in [9.17, 15) is 9.18 Å². The lowest BCUT2D eigenvalue weighted by Gasteiger charge is -2.35. The van der Waals surface area contributed by atoms with Crippen molar-refractivity contribution in [2.75, 3.05) is 18.0 Å². The number of anilines is 1. The van der Waals surface area contributed by atoms with E-state index in [2.05, 4.69) is 23.7 Å². The van der Waals surface area contributed by atoms with Gasteiger partial charge in [0.15, 0.2) is 0 Å². The number of benzene rings is 1. The van der Waals surface area contributed by atoms with E-state index in [1.54, 1.807) is 12.3 Å². The van der Waals surface area contributed by atoms with Gasteiger partial charge in [0.2, 0.25) is 0 Å². The molecule has 0 radical (unpaired) electrons. The Morgan fingerprint density at radius 3 is 2.62 bits per heavy atom. The van der Waals surface area contributed by atoms with E-state index in [1.165, 1.54) is 12.1 Å². The van der Waals surface area contributed by atoms with E-state index in [1.807, 2.05) is 29.2 Å². The maximum absolute atomic E-state index is 13.3. The van der Waals surface area contributed by atoms with Gasteiger partial charge in [0, 0.05) is 30.5 Å². The van der Waals surface area contributed by atoms with Crippen molar-refractivity contribution in [3.8, 4) is 0 Å². The molecule has 3 heterocycles. The van der Waals surface area contributed by atoms with Crippen molar-refractivity contribution in [3.05, 3.63) is 60.2 Å². The Morgan fingerprint density at radius 2 is 1.92 bits per heavy atom. The summed E-state index contributed by atoms with van der Waals surface area (Å²) in [6.45, 7) is 5.94. The highest BCUT2D eigenvalue weighted by Gasteiger charge is 2.55. The van der Waals surface area contributed by atoms with Gasteiger partial charge in [-0.05, 0) is 69.5 Å². The van der Waals surface area contributed by atoms with Gasteiger partial charge in [-0.25, -0.2) is 4.39 Å². The number of nitrogens with zero attached hydrogens (tertiary/aromatic N) is 3. The number of rotatable bonds is 2. The van der Waals surface area contributed by atoms with Crippen molar-refractivity contribution in [2.45, 2.75) is 44.2 Å². The second kappa shape index (κ2) is 6.08. The van der Waals surface area contributed by atoms with E-state index >= 15 is 0 Å². The van der Waals surface area contributed by atoms with Gasteiger partial charge in [-0.3, -0.25) is 9.78 Å². The summed E-state index contributed by atoms with van der Waals surface area (Å²) >= 11 is 0. The highest BCUT2D eigenvalue weighted by molar-refractivity contribution is 5.93. The molecule has 1 spiro atoms. The number of hydrogen-bond acceptors (Lipinski definition) is 3. The lowest BCUT2D eigenvalue weighted by Crippen LogP contribution is -2.49. The highest BCUT2D eigenvalue weighted by atomic mass is 19.1. The summed E-state index contributed by atoms with van der Waals surface area (Å²) < 4.78 is 13.3. The smallest absolute Gasteiger partial charge is 0.272 e. The van der Waals surface area contributed by atoms with E-state index < -0.39 is 0 Å². The molecule has 0 aliphatic carbocycles. The third-order valence-electron chi connectivity index (χ3n) is 5.81. The molecule has 1 amide bonds. The minimum absolute atomic E-state index is 0.0138. The van der Waals surface area contributed by atoms with Crippen molar-refractivity contribution < 1.29 is 9.18 Å². The predicted molar refractivity (Wildman–Crippen MR) is 99.7 cm³/mol. The first-order chi connectivity index (χ1) is 12.4. The van der Waals surface area contributed by atoms with Crippen molar-refractivity contribution in [1.29, 1.82) is 0 Å². The van der Waals surface area contributed by atoms with Gasteiger partial charge in [0.05, 0.1) is 5.54 Å². The normalized spacial score (nSPS) is 24.4. The molecule has 4 rings (SSSR count). The molecule has 1 unspecified atom stereocenters. The van der Waals surface area contributed by atoms with Crippen molar-refractivity contribution in [2.24, 2.45) is 0 Å². The average Bonchev–Trinajstić information content (AvgIpc) is 3.15. The second-order valence-corrected chi connectivity index (χ2v) is 8.05. The first kappa shape index (κ1) is 17.0. The number of hydrogen-bond donors (Lipinski definition) is 0. The van der Waals surface area contributed by atoms with E-state index in [-0.39, 0.29) is 22.8 Å². The fraction of sp³-hybridized carbons (Fsp3) is 0.429. The molecule has 2 saturated heterocycles. The van der Waals surface area contributed by atoms with E-state index in [0.29, 0.717) is 5.69 Å². The number of pyridine rings is 1. The molecule has 0 saturated carbocycles. The molecule has 4 nitrogen and oxygen atoms in total. The summed E-state index contributed by atoms with van der Waals surface area (Å²) in [5, 5.41) is 0. The largest absolute Gasteiger partial charge is 0.364 e. The Hall–Kier alpha value is -2.43. The molecule has 0 bridgehead atoms. The lowest BCUT2D eigenvalue weighted by atomic mass is 9.87. The lowest BCUT2D eigenvalue weighted by molar-refractivity contribution is 0.0611. The molecule has 2 aromatic rings. The summed E-state index contributed by atoms with van der Waals surface area (Å²) in [6, 6.07) is 12.1. The zero-order valence-corrected chi connectivity index (χ0v) is 15.3. The fourth-order valence-electron chi connectivity index (χ4n) is 4.76. The Bertz CT molecular complexity index is 806. The van der Waals surface area contributed by atoms with Crippen LogP contribution in [-0.2, 0) is 0 Å². The summed E-state index contributed by atoms with van der Waals surface area (Å²) in [6.07, 6.45) is 4.56. The zero-order valence-electron chi connectivity index (χ0n) is 15.3. The SMILES string of the molecule is CC1(C)CC2(CCCN2C(=O)c2ccccn2)CN1c1ccc(F)cc1. The van der Waals surface area contributed by atoms with E-state index in [4.69, 9.17) is 0 Å². The molecule has 136 valence electrons. The molecule has 2 fully saturated rings. The molecule has 2 aliphatic rings. The molecule has 26 heavy (non-hydrogen) atoms. The zero-order chi connectivity index (χ0) is 18.4. The third kappa shape index (κ3) is 2.75. The molecule has 5 heteroatoms. The topological polar surface area (TPSA) is 36.4 Å². The van der Waals surface area contributed by atoms with Gasteiger partial charge in [-0.15, -0.1) is 0 Å². The minimum atomic E-state index is -0.228. The Balaban J connectivity index is 1.65. The first-order valence-electron chi connectivity index (χ1n) is 9.18. The number of likely N-dealkylation sites (tertiary alicyclic amines) is 1. The first-order valence-corrected chi connectivity index (χ1v) is 9.18. The average molecular weight is 353 g/mol. The van der Waals surface area contributed by atoms with Gasteiger partial charge in [-0.2, -0.15) is 0 Å². The van der Waals surface area contributed by atoms with Crippen LogP contribution in [0.3, 0.4) is 0 Å². The van der Waals surface area contributed by atoms with Crippen molar-refractivity contribution in [3.63, 3.8) is 0 Å². The number of carbonyl (C=O) groups excluding carboxylic acids is 1. The van der Waals surface area contributed by atoms with Crippen LogP contribution in [-0.4, -0.2) is 40.0 Å². The van der Waals surface area contributed by atoms with Crippen molar-refractivity contribution >= 4 is 11.6 Å². The maximum Gasteiger partial charge on any atom is 0.272 e. The molecular formula is C21H24FN3O. The quantitative estimate of drug-likeness (QED) is 0.822. The Morgan fingerprint density at radius 1 is 1.15 bits per heavy atom. The van der Waals surface area contributed by atoms with Crippen LogP contribution in [0.25, 0.3) is 0 Å². The summed E-state index contributed by atoms with van der Waals surface area (Å²) in [5.74, 6) is -0.215. The number of halogens is 1. The number of amides is 1. The van der Waals surface area contributed by atoms with Gasteiger partial charge in [0.1, 0.15) is 11.5 Å². The van der Waals surface area contributed by atoms with E-state index in [0.717, 1.165) is 38.0 Å². The molecular weight excluding hydrogens is 329 g/mol. The Kier molecular flexibility index (Phi) is 3.98. The second-order valence-electron chi connectivity index (χ2n) is 8.05. The van der Waals surface area contributed by atoms with Gasteiger partial charge >= 0.3 is 0 Å². The molecule has 1 aromatic heterocycles. The van der Waals surface area contributed by atoms with Gasteiger partial charge < -0.3 is 9.80 Å². The van der Waals surface area contributed by atoms with Crippen LogP contribution in [0.2, 0.25) is 0 Å². The van der Waals surface area contributed by atoms with Crippen LogP contribution >= 0.6 is 0 Å². The van der Waals surface area contributed by atoms with Crippen molar-refractivity contribution in [1.82, 2.24) is 9.88 Å². The fourth-order valence-corrected chi connectivity index (χ4v) is 4.76. The highest BCUT2D eigenvalue weighted by Crippen LogP contribution is 2.47. The summed E-state index contributed by atoms with van der Waals surface area (Å²) in [7, 11) is 0. The van der Waals surface area contributed by atoms with Crippen LogP contribution in [0.1, 0.15) is 43.6 Å². The minimum Gasteiger partial charge on any atom is -0.364 e.